The average molecular weight is 1270 g/mol. The van der Waals surface area contributed by atoms with Crippen LogP contribution in [0.25, 0.3) is 0 Å². The number of phenols is 2. The van der Waals surface area contributed by atoms with E-state index in [1.54, 1.807) is 27.7 Å². The Morgan fingerprint density at radius 2 is 0.778 bits per heavy atom. The van der Waals surface area contributed by atoms with Crippen LogP contribution < -0.4 is 76.5 Å². The molecule has 0 heterocycles. The van der Waals surface area contributed by atoms with Crippen LogP contribution in [0.1, 0.15) is 131 Å². The maximum absolute atomic E-state index is 14.8. The molecule has 0 unspecified atom stereocenters. The van der Waals surface area contributed by atoms with Gasteiger partial charge in [0.1, 0.15) is 65.9 Å². The number of carboxylic acids is 1. The lowest BCUT2D eigenvalue weighted by Crippen LogP contribution is -2.62. The number of rotatable bonds is 42. The maximum atomic E-state index is 14.8. The summed E-state index contributed by atoms with van der Waals surface area (Å²) in [5, 5.41) is 64.1. The fourth-order valence-electron chi connectivity index (χ4n) is 9.42. The number of aromatic hydroxyl groups is 2. The zero-order valence-electron chi connectivity index (χ0n) is 53.2. The van der Waals surface area contributed by atoms with Crippen LogP contribution in [0, 0.1) is 23.7 Å². The van der Waals surface area contributed by atoms with Crippen molar-refractivity contribution in [2.45, 2.75) is 193 Å². The van der Waals surface area contributed by atoms with Gasteiger partial charge in [-0.3, -0.25) is 48.1 Å². The topological polar surface area (TPSA) is 502 Å². The van der Waals surface area contributed by atoms with Gasteiger partial charge in [-0.05, 0) is 136 Å². The fraction of sp³-hybridized carbons (Fsp3) is 0.623. The molecule has 9 amide bonds. The first-order valence-electron chi connectivity index (χ1n) is 30.7. The van der Waals surface area contributed by atoms with E-state index in [1.807, 2.05) is 27.7 Å². The van der Waals surface area contributed by atoms with Gasteiger partial charge in [-0.1, -0.05) is 79.7 Å². The van der Waals surface area contributed by atoms with Crippen LogP contribution in [-0.4, -0.2) is 172 Å². The molecule has 2 aromatic rings. The summed E-state index contributed by atoms with van der Waals surface area (Å²) in [6.45, 7) is 13.5. The van der Waals surface area contributed by atoms with E-state index in [0.717, 1.165) is 0 Å². The number of unbranched alkanes of at least 4 members (excludes halogenated alkanes) is 2. The van der Waals surface area contributed by atoms with Gasteiger partial charge in [0.15, 0.2) is 5.96 Å². The summed E-state index contributed by atoms with van der Waals surface area (Å²) in [7, 11) is 0. The number of carbonyl (C=O) groups excluding carboxylic acids is 9. The average Bonchev–Trinajstić information content (AvgIpc) is 1.24. The van der Waals surface area contributed by atoms with Gasteiger partial charge < -0.3 is 96.9 Å². The number of phenolic OH excluding ortho intramolecular Hbond substituents is 2. The molecule has 90 heavy (non-hydrogen) atoms. The molecule has 29 nitrogen and oxygen atoms in total. The van der Waals surface area contributed by atoms with Crippen molar-refractivity contribution in [2.24, 2.45) is 57.3 Å². The molecule has 0 saturated carbocycles. The van der Waals surface area contributed by atoms with Crippen LogP contribution in [0.2, 0.25) is 0 Å². The lowest BCUT2D eigenvalue weighted by atomic mass is 9.98. The zero-order chi connectivity index (χ0) is 67.8. The second-order valence-electron chi connectivity index (χ2n) is 24.0. The monoisotopic (exact) mass is 1270 g/mol. The van der Waals surface area contributed by atoms with Crippen molar-refractivity contribution in [1.82, 2.24) is 47.9 Å². The number of carbonyl (C=O) groups is 10. The number of carboxylic acid groups (broad SMARTS) is 1. The Balaban J connectivity index is 2.57. The van der Waals surface area contributed by atoms with Crippen LogP contribution in [0.4, 0.5) is 0 Å². The minimum atomic E-state index is -1.60. The molecule has 29 heteroatoms. The number of guanidine groups is 1. The minimum absolute atomic E-state index is 0.00296. The maximum Gasteiger partial charge on any atom is 0.326 e. The van der Waals surface area contributed by atoms with Crippen molar-refractivity contribution in [1.29, 1.82) is 0 Å². The summed E-state index contributed by atoms with van der Waals surface area (Å²) >= 11 is 0. The molecule has 2 aromatic carbocycles. The van der Waals surface area contributed by atoms with Gasteiger partial charge in [0, 0.05) is 19.4 Å². The standard InChI is InChI=1S/C61H101N15O14/c1-33(2)28-41(64)51(80)71-45(29-34(3)4)54(83)74-48(32-77)57(86)76-49(35(5)6)58(87)69-43(16-13-27-67-61(65)66)53(82)75-50(36(7)8)59(88)73-47(31-38-19-23-40(79)24-20-38)56(85)72-46(30-37-17-21-39(78)22-18-37)55(84)68-42(14-9-11-25-62)52(81)70-44(60(89)90)15-10-12-26-63/h17-24,33-36,41-50,77-79H,9-16,25-32,62-64H2,1-8H3,(H,68,84)(H,69,87)(H,70,81)(H,71,80)(H,72,85)(H,73,88)(H,74,83)(H,75,82)(H,76,86)(H,89,90)(H4,65,66,67)/t41-,42-,43-,44-,45-,46-,47-,48-,49-,50-/m0/s1. The molecule has 0 bridgehead atoms. The van der Waals surface area contributed by atoms with Crippen LogP contribution in [0.3, 0.4) is 0 Å². The predicted octanol–water partition coefficient (Wildman–Crippen LogP) is -1.63. The van der Waals surface area contributed by atoms with Gasteiger partial charge in [-0.15, -0.1) is 0 Å². The molecule has 10 atom stereocenters. The van der Waals surface area contributed by atoms with Gasteiger partial charge >= 0.3 is 5.97 Å². The number of hydrogen-bond acceptors (Lipinski definition) is 17. The van der Waals surface area contributed by atoms with E-state index in [2.05, 4.69) is 52.8 Å². The number of nitrogens with zero attached hydrogens (tertiary/aromatic N) is 1. The molecule has 2 rings (SSSR count). The van der Waals surface area contributed by atoms with E-state index in [0.29, 0.717) is 49.8 Å². The molecule has 0 saturated heterocycles. The number of hydrogen-bond donors (Lipinski definition) is 18. The number of aliphatic imine (C=N–C) groups is 1. The Bertz CT molecular complexity index is 2660. The molecule has 0 radical (unpaired) electrons. The number of aliphatic hydroxyl groups excluding tert-OH is 1. The summed E-state index contributed by atoms with van der Waals surface area (Å²) in [6, 6.07) is -2.08. The predicted molar refractivity (Wildman–Crippen MR) is 338 cm³/mol. The Morgan fingerprint density at radius 1 is 0.433 bits per heavy atom. The van der Waals surface area contributed by atoms with E-state index in [-0.39, 0.29) is 87.3 Å². The summed E-state index contributed by atoms with van der Waals surface area (Å²) in [6.07, 6.45) is 1.81. The Hall–Kier alpha value is -8.15. The van der Waals surface area contributed by atoms with Crippen molar-refractivity contribution in [2.75, 3.05) is 26.2 Å². The molecule has 0 fully saturated rings. The summed E-state index contributed by atoms with van der Waals surface area (Å²) in [4.78, 5) is 143. The second kappa shape index (κ2) is 40.5. The Kier molecular flexibility index (Phi) is 35.1. The molecular formula is C61H101N15O14. The highest BCUT2D eigenvalue weighted by Crippen LogP contribution is 2.17. The third kappa shape index (κ3) is 29.0. The number of amides is 9. The third-order valence-corrected chi connectivity index (χ3v) is 14.4. The van der Waals surface area contributed by atoms with Crippen LogP contribution in [0.5, 0.6) is 11.5 Å². The number of nitrogens with one attached hydrogen (secondary N) is 9. The van der Waals surface area contributed by atoms with Gasteiger partial charge in [-0.2, -0.15) is 0 Å². The molecule has 0 aliphatic heterocycles. The van der Waals surface area contributed by atoms with E-state index in [9.17, 15) is 68.4 Å². The third-order valence-electron chi connectivity index (χ3n) is 14.4. The van der Waals surface area contributed by atoms with Gasteiger partial charge in [0.25, 0.3) is 0 Å². The quantitative estimate of drug-likeness (QED) is 0.0201. The van der Waals surface area contributed by atoms with Gasteiger partial charge in [0.2, 0.25) is 53.2 Å². The molecule has 504 valence electrons. The van der Waals surface area contributed by atoms with Crippen molar-refractivity contribution < 1.29 is 68.4 Å². The molecule has 0 aliphatic rings. The molecule has 0 aromatic heterocycles. The largest absolute Gasteiger partial charge is 0.508 e. The first kappa shape index (κ1) is 77.9. The normalized spacial score (nSPS) is 14.7. The minimum Gasteiger partial charge on any atom is -0.508 e. The summed E-state index contributed by atoms with van der Waals surface area (Å²) in [5.74, 6) is -10.7. The van der Waals surface area contributed by atoms with E-state index in [1.165, 1.54) is 48.5 Å². The highest BCUT2D eigenvalue weighted by molar-refractivity contribution is 5.99. The lowest BCUT2D eigenvalue weighted by Gasteiger charge is -2.30. The van der Waals surface area contributed by atoms with Crippen LogP contribution >= 0.6 is 0 Å². The molecule has 0 aliphatic carbocycles. The number of aliphatic hydroxyl groups is 1. The van der Waals surface area contributed by atoms with Crippen molar-refractivity contribution in [3.05, 3.63) is 59.7 Å². The fourth-order valence-corrected chi connectivity index (χ4v) is 9.42. The lowest BCUT2D eigenvalue weighted by molar-refractivity contribution is -0.142. The number of nitrogens with two attached hydrogens (primary N) is 5. The van der Waals surface area contributed by atoms with Gasteiger partial charge in [-0.25, -0.2) is 4.79 Å². The summed E-state index contributed by atoms with van der Waals surface area (Å²) in [5.41, 5.74) is 29.4. The smallest absolute Gasteiger partial charge is 0.326 e. The number of aliphatic carboxylic acids is 1. The van der Waals surface area contributed by atoms with Crippen LogP contribution in [0.15, 0.2) is 53.5 Å². The van der Waals surface area contributed by atoms with Crippen molar-refractivity contribution in [3.63, 3.8) is 0 Å². The Labute approximate surface area is 527 Å². The Morgan fingerprint density at radius 3 is 1.19 bits per heavy atom. The molecular weight excluding hydrogens is 1170 g/mol. The highest BCUT2D eigenvalue weighted by Gasteiger charge is 2.37. The number of benzene rings is 2. The molecule has 23 N–H and O–H groups in total. The van der Waals surface area contributed by atoms with E-state index in [4.69, 9.17) is 28.7 Å². The second-order valence-corrected chi connectivity index (χ2v) is 24.0. The van der Waals surface area contributed by atoms with Crippen molar-refractivity contribution in [3.8, 4) is 11.5 Å². The van der Waals surface area contributed by atoms with Crippen molar-refractivity contribution >= 4 is 65.1 Å². The van der Waals surface area contributed by atoms with E-state index >= 15 is 0 Å². The first-order valence-corrected chi connectivity index (χ1v) is 30.7. The summed E-state index contributed by atoms with van der Waals surface area (Å²) < 4.78 is 0. The van der Waals surface area contributed by atoms with Gasteiger partial charge in [0.05, 0.1) is 12.6 Å². The first-order chi connectivity index (χ1) is 42.4. The molecule has 0 spiro atoms. The van der Waals surface area contributed by atoms with Crippen LogP contribution in [-0.2, 0) is 60.8 Å². The van der Waals surface area contributed by atoms with E-state index < -0.39 is 138 Å². The SMILES string of the molecule is CC(C)C[C@H](NC(=O)[C@@H](N)CC(C)C)C(=O)N[C@@H](CO)C(=O)N[C@H](C(=O)N[C@@H](CCCN=C(N)N)C(=O)N[C@H](C(=O)N[C@@H](Cc1ccc(O)cc1)C(=O)N[C@@H](Cc1ccc(O)cc1)C(=O)N[C@@H](CCCCN)C(=O)N[C@@H](CCCCN)C(=O)O)C(C)C)C(C)C. The zero-order valence-corrected chi connectivity index (χ0v) is 53.2. The highest BCUT2D eigenvalue weighted by atomic mass is 16.4.